The third kappa shape index (κ3) is 4.43. The van der Waals surface area contributed by atoms with Gasteiger partial charge < -0.3 is 9.88 Å². The number of anilines is 1. The summed E-state index contributed by atoms with van der Waals surface area (Å²) in [5.74, 6) is -1.35. The number of ketones is 1. The van der Waals surface area contributed by atoms with Crippen LogP contribution in [-0.2, 0) is 11.3 Å². The average Bonchev–Trinajstić information content (AvgIpc) is 2.76. The summed E-state index contributed by atoms with van der Waals surface area (Å²) in [6.07, 6.45) is 1.34. The molecule has 0 aliphatic rings. The number of rotatable bonds is 5. The second kappa shape index (κ2) is 8.72. The van der Waals surface area contributed by atoms with Gasteiger partial charge in [-0.1, -0.05) is 23.7 Å². The van der Waals surface area contributed by atoms with E-state index in [1.807, 2.05) is 0 Å². The van der Waals surface area contributed by atoms with Crippen LogP contribution in [0.25, 0.3) is 11.0 Å². The highest BCUT2D eigenvalue weighted by molar-refractivity contribution is 6.31. The molecule has 0 aliphatic carbocycles. The summed E-state index contributed by atoms with van der Waals surface area (Å²) >= 11 is 5.99. The van der Waals surface area contributed by atoms with Gasteiger partial charge in [-0.3, -0.25) is 14.4 Å². The standard InChI is InChI=1S/C24H17ClFN3O3/c1-14-5-10-19-23(32)20(22(31)15-3-2-4-16(25)11-15)12-29(24(19)27-14)13-21(30)28-18-8-6-17(26)7-9-18/h2-12H,13H2,1H3,(H,28,30). The first-order chi connectivity index (χ1) is 15.3. The number of pyridine rings is 2. The van der Waals surface area contributed by atoms with Crippen LogP contribution in [0, 0.1) is 12.7 Å². The number of halogens is 2. The van der Waals surface area contributed by atoms with Crippen molar-refractivity contribution in [3.63, 3.8) is 0 Å². The smallest absolute Gasteiger partial charge is 0.244 e. The number of aromatic nitrogens is 2. The quantitative estimate of drug-likeness (QED) is 0.459. The summed E-state index contributed by atoms with van der Waals surface area (Å²) in [6, 6.07) is 14.9. The van der Waals surface area contributed by atoms with Gasteiger partial charge in [0, 0.05) is 28.2 Å². The van der Waals surface area contributed by atoms with Crippen molar-refractivity contribution in [2.75, 3.05) is 5.32 Å². The Labute approximate surface area is 187 Å². The highest BCUT2D eigenvalue weighted by Gasteiger charge is 2.19. The van der Waals surface area contributed by atoms with E-state index in [4.69, 9.17) is 11.6 Å². The number of benzene rings is 2. The molecule has 4 rings (SSSR count). The van der Waals surface area contributed by atoms with Gasteiger partial charge in [0.15, 0.2) is 5.78 Å². The Morgan fingerprint density at radius 2 is 1.84 bits per heavy atom. The van der Waals surface area contributed by atoms with Crippen LogP contribution in [-0.4, -0.2) is 21.2 Å². The minimum absolute atomic E-state index is 0.0972. The number of fused-ring (bicyclic) bond motifs is 1. The van der Waals surface area contributed by atoms with E-state index in [-0.39, 0.29) is 28.7 Å². The minimum atomic E-state index is -0.507. The number of hydrogen-bond donors (Lipinski definition) is 1. The third-order valence-electron chi connectivity index (χ3n) is 4.83. The first-order valence-electron chi connectivity index (χ1n) is 9.68. The van der Waals surface area contributed by atoms with Gasteiger partial charge in [-0.05, 0) is 55.5 Å². The van der Waals surface area contributed by atoms with Gasteiger partial charge in [-0.25, -0.2) is 9.37 Å². The van der Waals surface area contributed by atoms with Gasteiger partial charge >= 0.3 is 0 Å². The van der Waals surface area contributed by atoms with E-state index >= 15 is 0 Å². The van der Waals surface area contributed by atoms with Crippen LogP contribution in [0.2, 0.25) is 5.02 Å². The average molecular weight is 450 g/mol. The molecule has 0 bridgehead atoms. The van der Waals surface area contributed by atoms with Crippen molar-refractivity contribution in [2.24, 2.45) is 0 Å². The van der Waals surface area contributed by atoms with Crippen molar-refractivity contribution in [3.8, 4) is 0 Å². The molecule has 0 unspecified atom stereocenters. The van der Waals surface area contributed by atoms with E-state index in [1.54, 1.807) is 37.3 Å². The number of aryl methyl sites for hydroxylation is 1. The molecule has 0 saturated carbocycles. The van der Waals surface area contributed by atoms with Gasteiger partial charge in [0.05, 0.1) is 10.9 Å². The molecule has 1 N–H and O–H groups in total. The third-order valence-corrected chi connectivity index (χ3v) is 5.07. The van der Waals surface area contributed by atoms with E-state index in [0.717, 1.165) is 0 Å². The fourth-order valence-corrected chi connectivity index (χ4v) is 3.51. The number of nitrogens with zero attached hydrogens (tertiary/aromatic N) is 2. The summed E-state index contributed by atoms with van der Waals surface area (Å²) < 4.78 is 14.6. The fraction of sp³-hybridized carbons (Fsp3) is 0.0833. The maximum absolute atomic E-state index is 13.1. The predicted octanol–water partition coefficient (Wildman–Crippen LogP) is 4.37. The molecule has 6 nitrogen and oxygen atoms in total. The minimum Gasteiger partial charge on any atom is -0.325 e. The Kier molecular flexibility index (Phi) is 5.83. The van der Waals surface area contributed by atoms with Crippen LogP contribution in [0.5, 0.6) is 0 Å². The molecule has 4 aromatic rings. The highest BCUT2D eigenvalue weighted by atomic mass is 35.5. The second-order valence-electron chi connectivity index (χ2n) is 7.22. The lowest BCUT2D eigenvalue weighted by Gasteiger charge is -2.13. The fourth-order valence-electron chi connectivity index (χ4n) is 3.32. The Balaban J connectivity index is 1.76. The SMILES string of the molecule is Cc1ccc2c(=O)c(C(=O)c3cccc(Cl)c3)cn(CC(=O)Nc3ccc(F)cc3)c2n1. The van der Waals surface area contributed by atoms with Crippen molar-refractivity contribution >= 4 is 40.0 Å². The van der Waals surface area contributed by atoms with Crippen molar-refractivity contribution in [3.05, 3.63) is 105 Å². The highest BCUT2D eigenvalue weighted by Crippen LogP contribution is 2.17. The predicted molar refractivity (Wildman–Crippen MR) is 121 cm³/mol. The number of carbonyl (C=O) groups excluding carboxylic acids is 2. The van der Waals surface area contributed by atoms with Crippen molar-refractivity contribution < 1.29 is 14.0 Å². The van der Waals surface area contributed by atoms with Gasteiger partial charge in [0.1, 0.15) is 18.0 Å². The molecule has 2 aromatic carbocycles. The summed E-state index contributed by atoms with van der Waals surface area (Å²) in [5.41, 5.74) is 1.04. The van der Waals surface area contributed by atoms with Gasteiger partial charge in [-0.15, -0.1) is 0 Å². The Morgan fingerprint density at radius 1 is 1.09 bits per heavy atom. The molecular weight excluding hydrogens is 433 g/mol. The van der Waals surface area contributed by atoms with Crippen molar-refractivity contribution in [2.45, 2.75) is 13.5 Å². The van der Waals surface area contributed by atoms with Crippen molar-refractivity contribution in [1.29, 1.82) is 0 Å². The molecule has 8 heteroatoms. The maximum Gasteiger partial charge on any atom is 0.244 e. The normalized spacial score (nSPS) is 10.8. The van der Waals surface area contributed by atoms with Crippen LogP contribution < -0.4 is 10.7 Å². The number of amides is 1. The molecular formula is C24H17ClFN3O3. The van der Waals surface area contributed by atoms with E-state index in [1.165, 1.54) is 41.1 Å². The molecule has 32 heavy (non-hydrogen) atoms. The zero-order valence-electron chi connectivity index (χ0n) is 16.9. The number of hydrogen-bond acceptors (Lipinski definition) is 4. The maximum atomic E-state index is 13.1. The van der Waals surface area contributed by atoms with Crippen LogP contribution in [0.1, 0.15) is 21.6 Å². The Hall–Kier alpha value is -3.84. The first-order valence-corrected chi connectivity index (χ1v) is 10.1. The molecule has 1 amide bonds. The molecule has 2 heterocycles. The van der Waals surface area contributed by atoms with Gasteiger partial charge in [0.25, 0.3) is 0 Å². The lowest BCUT2D eigenvalue weighted by atomic mass is 10.0. The molecule has 0 radical (unpaired) electrons. The van der Waals surface area contributed by atoms with Gasteiger partial charge in [0.2, 0.25) is 11.3 Å². The van der Waals surface area contributed by atoms with E-state index in [2.05, 4.69) is 10.3 Å². The molecule has 160 valence electrons. The van der Waals surface area contributed by atoms with E-state index in [9.17, 15) is 18.8 Å². The zero-order valence-corrected chi connectivity index (χ0v) is 17.7. The summed E-state index contributed by atoms with van der Waals surface area (Å²) in [7, 11) is 0. The molecule has 0 saturated heterocycles. The van der Waals surface area contributed by atoms with Crippen molar-refractivity contribution in [1.82, 2.24) is 9.55 Å². The topological polar surface area (TPSA) is 81.1 Å². The number of nitrogens with one attached hydrogen (secondary N) is 1. The summed E-state index contributed by atoms with van der Waals surface area (Å²) in [6.45, 7) is 1.55. The van der Waals surface area contributed by atoms with Crippen LogP contribution in [0.3, 0.4) is 0 Å². The van der Waals surface area contributed by atoms with Crippen LogP contribution in [0.4, 0.5) is 10.1 Å². The first kappa shape index (κ1) is 21.4. The molecule has 0 aliphatic heterocycles. The van der Waals surface area contributed by atoms with E-state index in [0.29, 0.717) is 16.4 Å². The number of carbonyl (C=O) groups is 2. The Bertz CT molecular complexity index is 1410. The largest absolute Gasteiger partial charge is 0.325 e. The van der Waals surface area contributed by atoms with E-state index < -0.39 is 22.9 Å². The zero-order chi connectivity index (χ0) is 22.8. The molecule has 2 aromatic heterocycles. The summed E-state index contributed by atoms with van der Waals surface area (Å²) in [4.78, 5) is 43.2. The molecule has 0 fully saturated rings. The molecule has 0 spiro atoms. The second-order valence-corrected chi connectivity index (χ2v) is 7.65. The lowest BCUT2D eigenvalue weighted by Crippen LogP contribution is -2.25. The Morgan fingerprint density at radius 3 is 2.56 bits per heavy atom. The molecule has 0 atom stereocenters. The van der Waals surface area contributed by atoms with Crippen LogP contribution >= 0.6 is 11.6 Å². The lowest BCUT2D eigenvalue weighted by molar-refractivity contribution is -0.116. The van der Waals surface area contributed by atoms with Crippen LogP contribution in [0.15, 0.2) is 71.7 Å². The monoisotopic (exact) mass is 449 g/mol. The summed E-state index contributed by atoms with van der Waals surface area (Å²) in [5, 5.41) is 3.25. The van der Waals surface area contributed by atoms with Gasteiger partial charge in [-0.2, -0.15) is 0 Å².